The molecule has 1 unspecified atom stereocenters. The van der Waals surface area contributed by atoms with Gasteiger partial charge in [0.2, 0.25) is 0 Å². The molecule has 0 radical (unpaired) electrons. The van der Waals surface area contributed by atoms with Gasteiger partial charge in [0.25, 0.3) is 0 Å². The first kappa shape index (κ1) is 16.0. The van der Waals surface area contributed by atoms with Gasteiger partial charge in [-0.15, -0.1) is 48.0 Å². The number of aromatic amines is 1. The standard InChI is InChI=1S/C2H3N3.2HI.H3P/c1-2-4-5-3-1;;;/h1-2H,(H,3,4,5);2*1H;1H3. The van der Waals surface area contributed by atoms with Crippen LogP contribution in [0, 0.1) is 0 Å². The lowest BCUT2D eigenvalue weighted by Gasteiger charge is -1.48. The lowest BCUT2D eigenvalue weighted by Crippen LogP contribution is -1.61. The summed E-state index contributed by atoms with van der Waals surface area (Å²) in [6.45, 7) is 0. The van der Waals surface area contributed by atoms with E-state index in [4.69, 9.17) is 0 Å². The second kappa shape index (κ2) is 10.9. The molecule has 1 N–H and O–H groups in total. The second-order valence-electron chi connectivity index (χ2n) is 0.656. The lowest BCUT2D eigenvalue weighted by molar-refractivity contribution is 0.940. The molecular weight excluding hydrogens is 351 g/mol. The van der Waals surface area contributed by atoms with Gasteiger partial charge < -0.3 is 0 Å². The lowest BCUT2D eigenvalue weighted by atomic mass is 11.0. The van der Waals surface area contributed by atoms with Crippen LogP contribution in [-0.4, -0.2) is 15.4 Å². The summed E-state index contributed by atoms with van der Waals surface area (Å²) in [5.41, 5.74) is 0. The van der Waals surface area contributed by atoms with E-state index in [1.165, 1.54) is 0 Å². The number of aromatic nitrogens is 3. The van der Waals surface area contributed by atoms with Crippen LogP contribution in [-0.2, 0) is 0 Å². The molecule has 3 nitrogen and oxygen atoms in total. The maximum Gasteiger partial charge on any atom is 0.0690 e. The molecule has 1 heterocycles. The van der Waals surface area contributed by atoms with Crippen molar-refractivity contribution >= 4 is 57.9 Å². The van der Waals surface area contributed by atoms with Crippen molar-refractivity contribution in [1.29, 1.82) is 0 Å². The first-order chi connectivity index (χ1) is 2.50. The molecule has 1 aromatic heterocycles. The molecule has 0 bridgehead atoms. The number of nitrogens with one attached hydrogen (secondary N) is 1. The third-order valence-electron chi connectivity index (χ3n) is 0.331. The average molecular weight is 359 g/mol. The highest BCUT2D eigenvalue weighted by molar-refractivity contribution is 14.0. The van der Waals surface area contributed by atoms with Crippen molar-refractivity contribution in [2.45, 2.75) is 0 Å². The number of hydrogen-bond donors (Lipinski definition) is 1. The number of halogens is 2. The Labute approximate surface area is 85.1 Å². The minimum Gasteiger partial charge on any atom is -0.198 e. The third-order valence-corrected chi connectivity index (χ3v) is 0.331. The van der Waals surface area contributed by atoms with Gasteiger partial charge in [0, 0.05) is 0 Å². The van der Waals surface area contributed by atoms with Crippen LogP contribution in [0.4, 0.5) is 0 Å². The van der Waals surface area contributed by atoms with E-state index in [0.29, 0.717) is 0 Å². The van der Waals surface area contributed by atoms with Crippen LogP contribution < -0.4 is 0 Å². The first-order valence-electron chi connectivity index (χ1n) is 1.30. The maximum atomic E-state index is 3.49. The Hall–Kier alpha value is 1.03. The fraction of sp³-hybridized carbons (Fsp3) is 0. The number of nitrogens with zero attached hydrogens (tertiary/aromatic N) is 2. The molecule has 1 aromatic rings. The Balaban J connectivity index is -0.0000000833. The van der Waals surface area contributed by atoms with Crippen LogP contribution in [0.15, 0.2) is 12.4 Å². The highest BCUT2D eigenvalue weighted by Crippen LogP contribution is 1.55. The minimum atomic E-state index is 0. The van der Waals surface area contributed by atoms with E-state index < -0.39 is 0 Å². The summed E-state index contributed by atoms with van der Waals surface area (Å²) in [4.78, 5) is 0. The van der Waals surface area contributed by atoms with Crippen LogP contribution in [0.5, 0.6) is 0 Å². The minimum absolute atomic E-state index is 0. The van der Waals surface area contributed by atoms with Crippen molar-refractivity contribution in [2.75, 3.05) is 0 Å². The van der Waals surface area contributed by atoms with E-state index in [0.717, 1.165) is 0 Å². The van der Waals surface area contributed by atoms with Crippen LogP contribution in [0.1, 0.15) is 0 Å². The molecule has 0 aliphatic carbocycles. The summed E-state index contributed by atoms with van der Waals surface area (Å²) in [7, 11) is 0. The van der Waals surface area contributed by atoms with Crippen molar-refractivity contribution < 1.29 is 0 Å². The molecule has 0 spiro atoms. The normalized spacial score (nSPS) is 5.00. The van der Waals surface area contributed by atoms with Gasteiger partial charge in [-0.2, -0.15) is 25.3 Å². The topological polar surface area (TPSA) is 41.6 Å². The Kier molecular flexibility index (Phi) is 21.8. The van der Waals surface area contributed by atoms with E-state index >= 15 is 0 Å². The van der Waals surface area contributed by atoms with Crippen LogP contribution in [0.2, 0.25) is 0 Å². The quantitative estimate of drug-likeness (QED) is 0.557. The molecule has 0 aliphatic heterocycles. The number of rotatable bonds is 0. The molecule has 0 fully saturated rings. The van der Waals surface area contributed by atoms with Crippen LogP contribution >= 0.6 is 57.9 Å². The van der Waals surface area contributed by atoms with E-state index in [-0.39, 0.29) is 57.9 Å². The van der Waals surface area contributed by atoms with Crippen molar-refractivity contribution in [2.24, 2.45) is 0 Å². The molecule has 0 aromatic carbocycles. The van der Waals surface area contributed by atoms with Crippen LogP contribution in [0.25, 0.3) is 0 Å². The Bertz CT molecular complexity index is 71.8. The SMILES string of the molecule is I.I.P.c1cn[nH]n1. The van der Waals surface area contributed by atoms with E-state index in [1.807, 2.05) is 0 Å². The molecule has 0 amide bonds. The van der Waals surface area contributed by atoms with Crippen molar-refractivity contribution in [3.05, 3.63) is 12.4 Å². The van der Waals surface area contributed by atoms with Gasteiger partial charge >= 0.3 is 0 Å². The monoisotopic (exact) mass is 359 g/mol. The van der Waals surface area contributed by atoms with Crippen molar-refractivity contribution in [1.82, 2.24) is 15.4 Å². The average Bonchev–Trinajstić information content (AvgIpc) is 1.76. The Morgan fingerprint density at radius 2 is 1.38 bits per heavy atom. The third kappa shape index (κ3) is 7.03. The molecule has 0 saturated heterocycles. The predicted octanol–water partition coefficient (Wildman–Crippen LogP) is 1.10. The molecule has 8 heavy (non-hydrogen) atoms. The molecular formula is C2H8I2N3P. The maximum absolute atomic E-state index is 3.49. The van der Waals surface area contributed by atoms with Crippen LogP contribution in [0.3, 0.4) is 0 Å². The summed E-state index contributed by atoms with van der Waals surface area (Å²) in [6, 6.07) is 0. The van der Waals surface area contributed by atoms with Gasteiger partial charge in [-0.05, 0) is 0 Å². The van der Waals surface area contributed by atoms with Gasteiger partial charge in [0.05, 0.1) is 12.4 Å². The number of H-pyrrole nitrogens is 1. The van der Waals surface area contributed by atoms with Crippen molar-refractivity contribution in [3.8, 4) is 0 Å². The summed E-state index contributed by atoms with van der Waals surface area (Å²) < 4.78 is 0. The summed E-state index contributed by atoms with van der Waals surface area (Å²) >= 11 is 0. The summed E-state index contributed by atoms with van der Waals surface area (Å²) in [5, 5.41) is 9.33. The first-order valence-corrected chi connectivity index (χ1v) is 1.30. The van der Waals surface area contributed by atoms with Gasteiger partial charge in [-0.3, -0.25) is 0 Å². The highest BCUT2D eigenvalue weighted by atomic mass is 127. The molecule has 50 valence electrons. The largest absolute Gasteiger partial charge is 0.198 e. The second-order valence-corrected chi connectivity index (χ2v) is 0.656. The van der Waals surface area contributed by atoms with Gasteiger partial charge in [0.1, 0.15) is 0 Å². The van der Waals surface area contributed by atoms with Gasteiger partial charge in [0.15, 0.2) is 0 Å². The van der Waals surface area contributed by atoms with E-state index in [2.05, 4.69) is 15.4 Å². The zero-order valence-electron chi connectivity index (χ0n) is 4.07. The van der Waals surface area contributed by atoms with Gasteiger partial charge in [-0.1, -0.05) is 0 Å². The molecule has 0 aliphatic rings. The zero-order chi connectivity index (χ0) is 3.54. The predicted molar refractivity (Wildman–Crippen MR) is 58.3 cm³/mol. The zero-order valence-corrected chi connectivity index (χ0v) is 10.1. The highest BCUT2D eigenvalue weighted by Gasteiger charge is 1.57. The number of hydrogen-bond acceptors (Lipinski definition) is 2. The molecule has 1 atom stereocenters. The fourth-order valence-corrected chi connectivity index (χ4v) is 0.167. The Morgan fingerprint density at radius 3 is 1.50 bits per heavy atom. The summed E-state index contributed by atoms with van der Waals surface area (Å²) in [5.74, 6) is 0. The van der Waals surface area contributed by atoms with E-state index in [9.17, 15) is 0 Å². The fourth-order valence-electron chi connectivity index (χ4n) is 0.167. The van der Waals surface area contributed by atoms with E-state index in [1.54, 1.807) is 12.4 Å². The molecule has 6 heteroatoms. The molecule has 0 saturated carbocycles. The van der Waals surface area contributed by atoms with Gasteiger partial charge in [-0.25, -0.2) is 0 Å². The Morgan fingerprint density at radius 1 is 1.00 bits per heavy atom. The summed E-state index contributed by atoms with van der Waals surface area (Å²) in [6.07, 6.45) is 3.17. The van der Waals surface area contributed by atoms with Crippen molar-refractivity contribution in [3.63, 3.8) is 0 Å². The smallest absolute Gasteiger partial charge is 0.0690 e. The molecule has 1 rings (SSSR count).